The van der Waals surface area contributed by atoms with Gasteiger partial charge < -0.3 is 9.47 Å². The van der Waals surface area contributed by atoms with Crippen molar-refractivity contribution in [2.45, 2.75) is 13.5 Å². The molecule has 2 aromatic carbocycles. The molecule has 0 atom stereocenters. The van der Waals surface area contributed by atoms with Crippen LogP contribution in [0.2, 0.25) is 0 Å². The Morgan fingerprint density at radius 1 is 1.15 bits per heavy atom. The van der Waals surface area contributed by atoms with Crippen LogP contribution < -0.4 is 9.47 Å². The normalized spacial score (nSPS) is 14.8. The lowest BCUT2D eigenvalue weighted by molar-refractivity contribution is -0.123. The Hall–Kier alpha value is -2.88. The summed E-state index contributed by atoms with van der Waals surface area (Å²) in [6.45, 7) is 2.19. The fourth-order valence-electron chi connectivity index (χ4n) is 3.12. The molecule has 0 bridgehead atoms. The van der Waals surface area contributed by atoms with E-state index >= 15 is 0 Å². The fourth-order valence-corrected chi connectivity index (χ4v) is 5.10. The van der Waals surface area contributed by atoms with Crippen LogP contribution in [0.3, 0.4) is 0 Å². The van der Waals surface area contributed by atoms with Crippen LogP contribution >= 0.6 is 39.0 Å². The number of thioether (sulfide) groups is 1. The molecule has 6 nitrogen and oxygen atoms in total. The maximum absolute atomic E-state index is 12.9. The van der Waals surface area contributed by atoms with Crippen molar-refractivity contribution in [2.75, 3.05) is 7.11 Å². The van der Waals surface area contributed by atoms with Crippen LogP contribution in [0.4, 0.5) is 4.79 Å². The number of imide groups is 1. The number of aryl methyl sites for hydroxylation is 1. The second-order valence-electron chi connectivity index (χ2n) is 7.15. The average Bonchev–Trinajstić information content (AvgIpc) is 3.42. The van der Waals surface area contributed by atoms with E-state index in [0.717, 1.165) is 22.9 Å². The van der Waals surface area contributed by atoms with E-state index in [9.17, 15) is 14.4 Å². The minimum absolute atomic E-state index is 0.215. The largest absolute Gasteiger partial charge is 0.493 e. The summed E-state index contributed by atoms with van der Waals surface area (Å²) >= 11 is 5.59. The van der Waals surface area contributed by atoms with Gasteiger partial charge >= 0.3 is 5.97 Å². The summed E-state index contributed by atoms with van der Waals surface area (Å²) in [4.78, 5) is 39.7. The number of benzene rings is 2. The van der Waals surface area contributed by atoms with Gasteiger partial charge in [0, 0.05) is 0 Å². The number of hydrogen-bond donors (Lipinski definition) is 0. The molecule has 0 aliphatic carbocycles. The molecule has 0 radical (unpaired) electrons. The lowest BCUT2D eigenvalue weighted by Crippen LogP contribution is -2.27. The highest BCUT2D eigenvalue weighted by Gasteiger charge is 2.35. The molecule has 3 aromatic rings. The second-order valence-corrected chi connectivity index (χ2v) is 9.95. The predicted octanol–water partition coefficient (Wildman–Crippen LogP) is 6.28. The Bertz CT molecular complexity index is 1250. The molecule has 0 unspecified atom stereocenters. The molecule has 1 fully saturated rings. The van der Waals surface area contributed by atoms with Crippen molar-refractivity contribution in [3.8, 4) is 11.5 Å². The highest BCUT2D eigenvalue weighted by Crippen LogP contribution is 2.40. The molecule has 9 heteroatoms. The third-order valence-corrected chi connectivity index (χ3v) is 7.15. The minimum Gasteiger partial charge on any atom is -0.493 e. The summed E-state index contributed by atoms with van der Waals surface area (Å²) in [6, 6.07) is 14.5. The van der Waals surface area contributed by atoms with Gasteiger partial charge in [-0.15, -0.1) is 11.3 Å². The topological polar surface area (TPSA) is 72.9 Å². The smallest absolute Gasteiger partial charge is 0.353 e. The van der Waals surface area contributed by atoms with Crippen LogP contribution in [0.15, 0.2) is 63.3 Å². The van der Waals surface area contributed by atoms with Crippen LogP contribution in [0.5, 0.6) is 11.5 Å². The third kappa shape index (κ3) is 5.21. The number of esters is 1. The molecule has 2 amide bonds. The van der Waals surface area contributed by atoms with Gasteiger partial charge in [0.15, 0.2) is 11.5 Å². The van der Waals surface area contributed by atoms with Crippen molar-refractivity contribution in [3.05, 3.63) is 84.9 Å². The molecule has 1 aliphatic heterocycles. The van der Waals surface area contributed by atoms with Crippen molar-refractivity contribution in [3.63, 3.8) is 0 Å². The van der Waals surface area contributed by atoms with Crippen LogP contribution in [0.1, 0.15) is 26.4 Å². The number of rotatable bonds is 6. The van der Waals surface area contributed by atoms with Crippen LogP contribution in [0.25, 0.3) is 6.08 Å². The highest BCUT2D eigenvalue weighted by atomic mass is 79.9. The average molecular weight is 544 g/mol. The Balaban J connectivity index is 1.56. The molecule has 1 aliphatic rings. The number of carbonyl (C=O) groups excluding carboxylic acids is 3. The zero-order chi connectivity index (χ0) is 23.5. The van der Waals surface area contributed by atoms with Crippen molar-refractivity contribution in [1.82, 2.24) is 4.90 Å². The van der Waals surface area contributed by atoms with E-state index in [-0.39, 0.29) is 23.4 Å². The Kier molecular flexibility index (Phi) is 7.02. The van der Waals surface area contributed by atoms with E-state index in [0.29, 0.717) is 25.6 Å². The number of hydrogen-bond acceptors (Lipinski definition) is 7. The number of carbonyl (C=O) groups is 3. The molecular formula is C24H18BrNO5S2. The Morgan fingerprint density at radius 2 is 1.91 bits per heavy atom. The van der Waals surface area contributed by atoms with Crippen molar-refractivity contribution < 1.29 is 23.9 Å². The Morgan fingerprint density at radius 3 is 2.58 bits per heavy atom. The second kappa shape index (κ2) is 9.94. The first-order valence-electron chi connectivity index (χ1n) is 9.80. The van der Waals surface area contributed by atoms with Gasteiger partial charge in [0.05, 0.1) is 23.0 Å². The molecule has 0 N–H and O–H groups in total. The lowest BCUT2D eigenvalue weighted by atomic mass is 10.1. The highest BCUT2D eigenvalue weighted by molar-refractivity contribution is 9.10. The molecule has 168 valence electrons. The van der Waals surface area contributed by atoms with Crippen molar-refractivity contribution in [2.24, 2.45) is 0 Å². The van der Waals surface area contributed by atoms with Gasteiger partial charge in [-0.05, 0) is 75.4 Å². The molecule has 2 heterocycles. The molecule has 1 saturated heterocycles. The molecule has 1 aromatic heterocycles. The number of methoxy groups -OCH3 is 1. The first kappa shape index (κ1) is 23.3. The number of amides is 2. The van der Waals surface area contributed by atoms with Crippen LogP contribution in [-0.2, 0) is 11.3 Å². The SMILES string of the molecule is COc1cc(/C=C2\SC(=O)N(Cc3ccc(C)cc3)C2=O)cc(Br)c1OC(=O)c1cccs1. The van der Waals surface area contributed by atoms with E-state index in [1.54, 1.807) is 35.7 Å². The lowest BCUT2D eigenvalue weighted by Gasteiger charge is -2.13. The molecule has 0 saturated carbocycles. The van der Waals surface area contributed by atoms with Crippen molar-refractivity contribution in [1.29, 1.82) is 0 Å². The zero-order valence-electron chi connectivity index (χ0n) is 17.7. The standard InChI is InChI=1S/C24H18BrNO5S2/c1-14-5-7-15(8-6-14)13-26-22(27)20(33-24(26)29)12-16-10-17(25)21(18(11-16)30-2)31-23(28)19-4-3-9-32-19/h3-12H,13H2,1-2H3/b20-12-. The summed E-state index contributed by atoms with van der Waals surface area (Å²) in [5, 5.41) is 1.47. The number of halogens is 1. The molecule has 4 rings (SSSR count). The van der Waals surface area contributed by atoms with Crippen LogP contribution in [-0.4, -0.2) is 29.1 Å². The molecule has 0 spiro atoms. The summed E-state index contributed by atoms with van der Waals surface area (Å²) in [5.74, 6) is -0.289. The van der Waals surface area contributed by atoms with Crippen LogP contribution in [0, 0.1) is 6.92 Å². The molecular weight excluding hydrogens is 526 g/mol. The quantitative estimate of drug-likeness (QED) is 0.207. The fraction of sp³-hybridized carbons (Fsp3) is 0.125. The molecule has 33 heavy (non-hydrogen) atoms. The van der Waals surface area contributed by atoms with Gasteiger partial charge in [-0.25, -0.2) is 4.79 Å². The first-order valence-corrected chi connectivity index (χ1v) is 12.3. The number of ether oxygens (including phenoxy) is 2. The maximum atomic E-state index is 12.9. The van der Waals surface area contributed by atoms with E-state index < -0.39 is 5.97 Å². The van der Waals surface area contributed by atoms with E-state index in [4.69, 9.17) is 9.47 Å². The maximum Gasteiger partial charge on any atom is 0.353 e. The van der Waals surface area contributed by atoms with Crippen molar-refractivity contribution >= 4 is 62.2 Å². The van der Waals surface area contributed by atoms with E-state index in [1.807, 2.05) is 31.2 Å². The summed E-state index contributed by atoms with van der Waals surface area (Å²) in [5.41, 5.74) is 2.61. The minimum atomic E-state index is -0.492. The van der Waals surface area contributed by atoms with Gasteiger partial charge in [-0.2, -0.15) is 0 Å². The number of thiophene rings is 1. The van der Waals surface area contributed by atoms with E-state index in [1.165, 1.54) is 23.3 Å². The first-order chi connectivity index (χ1) is 15.9. The zero-order valence-corrected chi connectivity index (χ0v) is 20.9. The van der Waals surface area contributed by atoms with Gasteiger partial charge in [0.2, 0.25) is 0 Å². The van der Waals surface area contributed by atoms with Gasteiger partial charge in [0.1, 0.15) is 4.88 Å². The summed E-state index contributed by atoms with van der Waals surface area (Å²) in [6.07, 6.45) is 1.62. The predicted molar refractivity (Wildman–Crippen MR) is 133 cm³/mol. The van der Waals surface area contributed by atoms with Gasteiger partial charge in [-0.3, -0.25) is 14.5 Å². The summed E-state index contributed by atoms with van der Waals surface area (Å²) in [7, 11) is 1.46. The number of nitrogens with zero attached hydrogens (tertiary/aromatic N) is 1. The third-order valence-electron chi connectivity index (χ3n) is 4.80. The summed E-state index contributed by atoms with van der Waals surface area (Å²) < 4.78 is 11.4. The van der Waals surface area contributed by atoms with Gasteiger partial charge in [-0.1, -0.05) is 35.9 Å². The monoisotopic (exact) mass is 543 g/mol. The Labute approximate surface area is 207 Å². The van der Waals surface area contributed by atoms with E-state index in [2.05, 4.69) is 15.9 Å². The van der Waals surface area contributed by atoms with Gasteiger partial charge in [0.25, 0.3) is 11.1 Å².